The lowest BCUT2D eigenvalue weighted by Crippen LogP contribution is -2.58. The zero-order valence-electron chi connectivity index (χ0n) is 67.6. The summed E-state index contributed by atoms with van der Waals surface area (Å²) >= 11 is 0. The van der Waals surface area contributed by atoms with E-state index in [4.69, 9.17) is 4.42 Å². The molecule has 21 aromatic rings. The van der Waals surface area contributed by atoms with E-state index in [0.717, 1.165) is 39.3 Å². The number of aromatic nitrogens is 1. The van der Waals surface area contributed by atoms with Crippen LogP contribution in [0.2, 0.25) is 0 Å². The van der Waals surface area contributed by atoms with E-state index in [1.54, 1.807) is 0 Å². The van der Waals surface area contributed by atoms with Crippen molar-refractivity contribution in [3.63, 3.8) is 0 Å². The molecule has 0 unspecified atom stereocenters. The zero-order valence-corrected chi connectivity index (χ0v) is 67.6. The Labute approximate surface area is 718 Å². The van der Waals surface area contributed by atoms with Gasteiger partial charge < -0.3 is 28.6 Å². The summed E-state index contributed by atoms with van der Waals surface area (Å²) in [5.74, 6) is 0. The molecule has 0 N–H and O–H groups in total. The molecule has 5 heterocycles. The van der Waals surface area contributed by atoms with Gasteiger partial charge in [0, 0.05) is 95.5 Å². The van der Waals surface area contributed by atoms with Crippen LogP contribution >= 0.6 is 0 Å². The molecular weight excluding hydrogens is 1490 g/mol. The van der Waals surface area contributed by atoms with Crippen LogP contribution in [0.15, 0.2) is 490 Å². The van der Waals surface area contributed by atoms with Crippen molar-refractivity contribution in [2.75, 3.05) is 19.6 Å². The number of hydrogen-bond donors (Lipinski definition) is 0. The third kappa shape index (κ3) is 13.3. The number of fused-ring (bicyclic) bond motifs is 12. The van der Waals surface area contributed by atoms with Crippen molar-refractivity contribution >= 4 is 181 Å². The summed E-state index contributed by atoms with van der Waals surface area (Å²) in [4.78, 5) is 9.59. The summed E-state index contributed by atoms with van der Waals surface area (Å²) in [6.45, 7) is 0.259. The third-order valence-electron chi connectivity index (χ3n) is 24.7. The topological polar surface area (TPSA) is 31.0 Å². The van der Waals surface area contributed by atoms with Gasteiger partial charge >= 0.3 is 0 Å². The normalized spacial score (nSPS) is 12.3. The van der Waals surface area contributed by atoms with Gasteiger partial charge in [0.2, 0.25) is 20.1 Å². The first-order chi connectivity index (χ1) is 61.1. The lowest BCUT2D eigenvalue weighted by atomic mass is 9.33. The Morgan fingerprint density at radius 1 is 0.203 bits per heavy atom. The van der Waals surface area contributed by atoms with E-state index < -0.39 is 0 Å². The van der Waals surface area contributed by atoms with Crippen molar-refractivity contribution in [1.82, 2.24) is 4.57 Å². The SMILES string of the molecule is c1ccc(-c2cccc(-c3ccccc3)c2B2c3ccccc3N(c3ccccc3)c3cc(N(c4ccccc4)c4ccccc4)ccc32)cc1.c1ccc(N2c3ccccc3B(c3ccc4c(c3)c3ccccc3n4-c3ccccc3)c3ccccc32)cc1.c1ccc(N2c3ccccc3B(c3ccc4oc5ccccc5c4c3)c3ccccc32)cc1. The molecule has 0 fully saturated rings. The molecule has 6 nitrogen and oxygen atoms in total. The molecule has 0 spiro atoms. The fraction of sp³-hybridized carbons (Fsp3) is 0. The smallest absolute Gasteiger partial charge is 0.248 e. The number of nitrogens with zero attached hydrogens (tertiary/aromatic N) is 5. The van der Waals surface area contributed by atoms with Crippen molar-refractivity contribution in [1.29, 1.82) is 0 Å². The number of anilines is 12. The highest BCUT2D eigenvalue weighted by Crippen LogP contribution is 2.44. The summed E-state index contributed by atoms with van der Waals surface area (Å²) in [7, 11) is 0. The van der Waals surface area contributed by atoms with Gasteiger partial charge in [-0.3, -0.25) is 0 Å². The summed E-state index contributed by atoms with van der Waals surface area (Å²) in [6.07, 6.45) is 0. The van der Waals surface area contributed by atoms with Crippen LogP contribution in [0.3, 0.4) is 0 Å². The molecule has 3 aliphatic rings. The van der Waals surface area contributed by atoms with Gasteiger partial charge in [-0.15, -0.1) is 0 Å². The van der Waals surface area contributed by atoms with Crippen LogP contribution in [0.1, 0.15) is 0 Å². The second kappa shape index (κ2) is 32.1. The predicted molar refractivity (Wildman–Crippen MR) is 524 cm³/mol. The Hall–Kier alpha value is -15.8. The molecular formula is C114H80B3N5O. The molecule has 24 rings (SSSR count). The predicted octanol–water partition coefficient (Wildman–Crippen LogP) is 23.8. The molecule has 9 heteroatoms. The van der Waals surface area contributed by atoms with Crippen LogP contribution in [0.5, 0.6) is 0 Å². The first-order valence-corrected chi connectivity index (χ1v) is 42.4. The van der Waals surface area contributed by atoms with E-state index >= 15 is 0 Å². The van der Waals surface area contributed by atoms with Crippen LogP contribution in [-0.2, 0) is 0 Å². The maximum absolute atomic E-state index is 6.10. The lowest BCUT2D eigenvalue weighted by Gasteiger charge is -2.39. The molecule has 2 aromatic heterocycles. The monoisotopic (exact) mass is 1570 g/mol. The van der Waals surface area contributed by atoms with Crippen molar-refractivity contribution in [3.8, 4) is 27.9 Å². The highest BCUT2D eigenvalue weighted by atomic mass is 16.3. The van der Waals surface area contributed by atoms with Gasteiger partial charge in [0.25, 0.3) is 0 Å². The van der Waals surface area contributed by atoms with Gasteiger partial charge in [0.1, 0.15) is 11.2 Å². The van der Waals surface area contributed by atoms with Gasteiger partial charge in [-0.05, 0) is 195 Å². The van der Waals surface area contributed by atoms with Gasteiger partial charge in [-0.25, -0.2) is 0 Å². The highest BCUT2D eigenvalue weighted by Gasteiger charge is 2.41. The van der Waals surface area contributed by atoms with Crippen LogP contribution in [-0.4, -0.2) is 24.7 Å². The molecule has 0 aliphatic carbocycles. The van der Waals surface area contributed by atoms with E-state index in [2.05, 4.69) is 497 Å². The number of para-hydroxylation sites is 13. The van der Waals surface area contributed by atoms with E-state index in [1.165, 1.54) is 150 Å². The average molecular weight is 1570 g/mol. The van der Waals surface area contributed by atoms with Crippen molar-refractivity contribution in [2.24, 2.45) is 0 Å². The van der Waals surface area contributed by atoms with Gasteiger partial charge in [0.15, 0.2) is 0 Å². The molecule has 0 bridgehead atoms. The Balaban J connectivity index is 0.000000113. The first kappa shape index (κ1) is 73.5. The zero-order chi connectivity index (χ0) is 81.5. The minimum Gasteiger partial charge on any atom is -0.456 e. The number of hydrogen-bond acceptors (Lipinski definition) is 5. The first-order valence-electron chi connectivity index (χ1n) is 42.4. The van der Waals surface area contributed by atoms with E-state index in [0.29, 0.717) is 0 Å². The maximum atomic E-state index is 6.10. The Bertz CT molecular complexity index is 7230. The quantitative estimate of drug-likeness (QED) is 0.114. The Kier molecular flexibility index (Phi) is 19.2. The highest BCUT2D eigenvalue weighted by molar-refractivity contribution is 7.00. The van der Waals surface area contributed by atoms with Crippen molar-refractivity contribution < 1.29 is 4.42 Å². The second-order valence-electron chi connectivity index (χ2n) is 31.7. The fourth-order valence-electron chi connectivity index (χ4n) is 19.4. The molecule has 3 aliphatic heterocycles. The van der Waals surface area contributed by atoms with E-state index in [-0.39, 0.29) is 20.1 Å². The minimum absolute atomic E-state index is 0.0290. The third-order valence-corrected chi connectivity index (χ3v) is 24.7. The maximum Gasteiger partial charge on any atom is 0.248 e. The number of benzene rings is 19. The van der Waals surface area contributed by atoms with Crippen LogP contribution in [0.25, 0.3) is 71.7 Å². The molecule has 19 aromatic carbocycles. The minimum atomic E-state index is -0.0290. The fourth-order valence-corrected chi connectivity index (χ4v) is 19.4. The Morgan fingerprint density at radius 2 is 0.545 bits per heavy atom. The van der Waals surface area contributed by atoms with E-state index in [1.807, 2.05) is 12.1 Å². The number of rotatable bonds is 12. The molecule has 0 amide bonds. The van der Waals surface area contributed by atoms with Gasteiger partial charge in [0.05, 0.1) is 11.0 Å². The summed E-state index contributed by atoms with van der Waals surface area (Å²) in [5.41, 5.74) is 36.3. The average Bonchev–Trinajstić information content (AvgIpc) is 1.54. The van der Waals surface area contributed by atoms with Crippen LogP contribution in [0.4, 0.5) is 68.2 Å². The van der Waals surface area contributed by atoms with Gasteiger partial charge in [-0.2, -0.15) is 0 Å². The molecule has 0 radical (unpaired) electrons. The molecule has 0 saturated carbocycles. The van der Waals surface area contributed by atoms with Crippen molar-refractivity contribution in [3.05, 3.63) is 485 Å². The summed E-state index contributed by atoms with van der Waals surface area (Å²) < 4.78 is 8.48. The molecule has 576 valence electrons. The largest absolute Gasteiger partial charge is 0.456 e. The molecule has 0 atom stereocenters. The Morgan fingerprint density at radius 3 is 1.02 bits per heavy atom. The van der Waals surface area contributed by atoms with E-state index in [9.17, 15) is 0 Å². The van der Waals surface area contributed by atoms with Crippen LogP contribution < -0.4 is 68.8 Å². The van der Waals surface area contributed by atoms with Crippen molar-refractivity contribution in [2.45, 2.75) is 0 Å². The molecule has 0 saturated heterocycles. The van der Waals surface area contributed by atoms with Gasteiger partial charge in [-0.1, -0.05) is 362 Å². The second-order valence-corrected chi connectivity index (χ2v) is 31.7. The standard InChI is InChI=1S/C48H35BN2.C36H25BN2.C30H20BNO/c1-6-19-36(20-7-1)42-29-18-30-43(37-21-8-2-9-22-37)48(42)49-44-31-16-17-32-46(44)51(40-27-14-5-15-28-40)47-35-41(33-34-45(47)49)50(38-23-10-3-11-24-38)39-25-12-4-13-26-39;1-3-13-27(14-4-1)38-33-20-10-7-17-29(33)30-25-26(23-24-34(30)38)37-31-18-8-11-21-35(31)39(28-15-5-2-6-16-28)36-22-12-9-19-32(36)37;1-2-10-22(11-3-1)32-27-15-7-5-13-25(27)31(26-14-6-8-16-28(26)32)21-18-19-30-24(20-21)23-12-4-9-17-29(23)33-30/h1-35H;1-25H;1-20H. The lowest BCUT2D eigenvalue weighted by molar-refractivity contribution is 0.669. The number of furan rings is 1. The summed E-state index contributed by atoms with van der Waals surface area (Å²) in [5, 5.41) is 4.90. The van der Waals surface area contributed by atoms with Crippen LogP contribution in [0, 0.1) is 0 Å². The molecule has 123 heavy (non-hydrogen) atoms. The summed E-state index contributed by atoms with van der Waals surface area (Å²) in [6, 6.07) is 175.